The fraction of sp³-hybridized carbons (Fsp3) is 0.125. The van der Waals surface area contributed by atoms with Crippen LogP contribution in [0.3, 0.4) is 0 Å². The van der Waals surface area contributed by atoms with Gasteiger partial charge < -0.3 is 4.74 Å². The van der Waals surface area contributed by atoms with Crippen molar-refractivity contribution < 1.29 is 14.3 Å². The van der Waals surface area contributed by atoms with E-state index in [0.29, 0.717) is 16.9 Å². The predicted molar refractivity (Wildman–Crippen MR) is 79.4 cm³/mol. The molecule has 0 aliphatic rings. The average Bonchev–Trinajstić information content (AvgIpc) is 2.56. The molecule has 0 saturated carbocycles. The summed E-state index contributed by atoms with van der Waals surface area (Å²) >= 11 is 0. The Morgan fingerprint density at radius 3 is 2.73 bits per heavy atom. The van der Waals surface area contributed by atoms with Gasteiger partial charge in [-0.25, -0.2) is 4.79 Å². The van der Waals surface area contributed by atoms with Gasteiger partial charge in [-0.3, -0.25) is 15.1 Å². The third kappa shape index (κ3) is 3.46. The summed E-state index contributed by atoms with van der Waals surface area (Å²) in [4.78, 5) is 27.7. The molecule has 1 N–H and O–H groups in total. The maximum absolute atomic E-state index is 12.5. The van der Waals surface area contributed by atoms with Crippen molar-refractivity contribution in [3.8, 4) is 6.07 Å². The molecule has 1 atom stereocenters. The van der Waals surface area contributed by atoms with Crippen molar-refractivity contribution >= 4 is 17.6 Å². The van der Waals surface area contributed by atoms with E-state index in [9.17, 15) is 14.9 Å². The number of hydrogen-bond acceptors (Lipinski definition) is 5. The van der Waals surface area contributed by atoms with Gasteiger partial charge in [-0.2, -0.15) is 5.26 Å². The van der Waals surface area contributed by atoms with Gasteiger partial charge in [-0.05, 0) is 24.3 Å². The van der Waals surface area contributed by atoms with E-state index in [2.05, 4.69) is 15.0 Å². The Labute approximate surface area is 127 Å². The monoisotopic (exact) mass is 295 g/mol. The zero-order chi connectivity index (χ0) is 15.9. The normalized spacial score (nSPS) is 11.1. The lowest BCUT2D eigenvalue weighted by Gasteiger charge is -2.09. The number of ether oxygens (including phenoxy) is 1. The van der Waals surface area contributed by atoms with Crippen LogP contribution < -0.4 is 5.32 Å². The first-order valence-electron chi connectivity index (χ1n) is 6.45. The Morgan fingerprint density at radius 1 is 1.27 bits per heavy atom. The van der Waals surface area contributed by atoms with Crippen molar-refractivity contribution in [2.45, 2.75) is 5.92 Å². The fourth-order valence-corrected chi connectivity index (χ4v) is 1.89. The first kappa shape index (κ1) is 15.2. The molecule has 110 valence electrons. The molecule has 1 aromatic heterocycles. The number of benzene rings is 1. The molecule has 1 aromatic carbocycles. The number of amides is 1. The van der Waals surface area contributed by atoms with Gasteiger partial charge in [0, 0.05) is 17.4 Å². The quantitative estimate of drug-likeness (QED) is 0.875. The molecule has 6 nitrogen and oxygen atoms in total. The highest BCUT2D eigenvalue weighted by Gasteiger charge is 2.23. The number of aromatic nitrogens is 1. The second kappa shape index (κ2) is 6.99. The van der Waals surface area contributed by atoms with Gasteiger partial charge in [-0.1, -0.05) is 18.2 Å². The number of methoxy groups -OCH3 is 1. The molecule has 0 aliphatic heterocycles. The third-order valence-corrected chi connectivity index (χ3v) is 2.95. The summed E-state index contributed by atoms with van der Waals surface area (Å²) in [6.45, 7) is 0. The molecule has 1 amide bonds. The number of anilines is 1. The van der Waals surface area contributed by atoms with Crippen LogP contribution in [0.4, 0.5) is 10.5 Å². The molecule has 6 heteroatoms. The summed E-state index contributed by atoms with van der Waals surface area (Å²) in [5, 5.41) is 11.7. The van der Waals surface area contributed by atoms with Crippen LogP contribution in [0.25, 0.3) is 0 Å². The molecule has 0 saturated heterocycles. The summed E-state index contributed by atoms with van der Waals surface area (Å²) in [5.41, 5.74) is 1.11. The van der Waals surface area contributed by atoms with Gasteiger partial charge in [0.15, 0.2) is 11.7 Å². The Balaban J connectivity index is 2.27. The number of carbonyl (C=O) groups is 2. The van der Waals surface area contributed by atoms with E-state index in [-0.39, 0.29) is 5.78 Å². The van der Waals surface area contributed by atoms with Crippen molar-refractivity contribution in [2.24, 2.45) is 0 Å². The van der Waals surface area contributed by atoms with Crippen LogP contribution in [0.1, 0.15) is 22.0 Å². The van der Waals surface area contributed by atoms with Crippen LogP contribution in [0.15, 0.2) is 48.7 Å². The van der Waals surface area contributed by atoms with Gasteiger partial charge in [0.2, 0.25) is 0 Å². The van der Waals surface area contributed by atoms with Gasteiger partial charge in [0.05, 0.1) is 18.9 Å². The van der Waals surface area contributed by atoms with E-state index in [1.807, 2.05) is 6.07 Å². The zero-order valence-electron chi connectivity index (χ0n) is 11.8. The second-order valence-electron chi connectivity index (χ2n) is 4.38. The number of ketones is 1. The number of hydrogen-bond donors (Lipinski definition) is 1. The molecule has 0 aliphatic carbocycles. The molecule has 1 heterocycles. The Hall–Kier alpha value is -3.20. The molecular weight excluding hydrogens is 282 g/mol. The molecule has 0 fully saturated rings. The number of nitrogens with zero attached hydrogens (tertiary/aromatic N) is 2. The number of nitrogens with one attached hydrogen (secondary N) is 1. The van der Waals surface area contributed by atoms with Crippen LogP contribution in [-0.2, 0) is 4.74 Å². The molecule has 2 rings (SSSR count). The lowest BCUT2D eigenvalue weighted by molar-refractivity contribution is 0.0977. The van der Waals surface area contributed by atoms with Crippen molar-refractivity contribution in [3.63, 3.8) is 0 Å². The first-order valence-corrected chi connectivity index (χ1v) is 6.45. The smallest absolute Gasteiger partial charge is 0.411 e. The van der Waals surface area contributed by atoms with Gasteiger partial charge in [0.1, 0.15) is 0 Å². The number of nitriles is 1. The van der Waals surface area contributed by atoms with E-state index in [1.54, 1.807) is 36.4 Å². The topological polar surface area (TPSA) is 92.1 Å². The first-order chi connectivity index (χ1) is 10.7. The van der Waals surface area contributed by atoms with E-state index in [1.165, 1.54) is 19.4 Å². The Morgan fingerprint density at radius 2 is 2.09 bits per heavy atom. The highest BCUT2D eigenvalue weighted by molar-refractivity contribution is 6.03. The summed E-state index contributed by atoms with van der Waals surface area (Å²) in [6, 6.07) is 13.3. The third-order valence-electron chi connectivity index (χ3n) is 2.95. The van der Waals surface area contributed by atoms with E-state index >= 15 is 0 Å². The second-order valence-corrected chi connectivity index (χ2v) is 4.38. The number of Topliss-reactive ketones (excluding diaryl/α,β-unsaturated/α-hetero) is 1. The SMILES string of the molecule is COC(=O)Nc1cccc(C(=O)[C@H](C#N)c2ccccn2)c1. The van der Waals surface area contributed by atoms with Crippen LogP contribution >= 0.6 is 0 Å². The average molecular weight is 295 g/mol. The van der Waals surface area contributed by atoms with Crippen molar-refractivity contribution in [1.29, 1.82) is 5.26 Å². The highest BCUT2D eigenvalue weighted by Crippen LogP contribution is 2.20. The summed E-state index contributed by atoms with van der Waals surface area (Å²) < 4.78 is 4.50. The summed E-state index contributed by atoms with van der Waals surface area (Å²) in [7, 11) is 1.25. The molecule has 0 unspecified atom stereocenters. The minimum Gasteiger partial charge on any atom is -0.453 e. The number of pyridine rings is 1. The molecular formula is C16H13N3O3. The predicted octanol–water partition coefficient (Wildman–Crippen LogP) is 2.75. The standard InChI is InChI=1S/C16H13N3O3/c1-22-16(21)19-12-6-4-5-11(9-12)15(20)13(10-17)14-7-2-3-8-18-14/h2-9,13H,1H3,(H,19,21)/t13-/m1/s1. The lowest BCUT2D eigenvalue weighted by atomic mass is 9.95. The Kier molecular flexibility index (Phi) is 4.83. The van der Waals surface area contributed by atoms with E-state index in [4.69, 9.17) is 0 Å². The number of carbonyl (C=O) groups excluding carboxylic acids is 2. The minimum atomic E-state index is -0.991. The van der Waals surface area contributed by atoms with Crippen molar-refractivity contribution in [3.05, 3.63) is 59.9 Å². The zero-order valence-corrected chi connectivity index (χ0v) is 11.8. The minimum absolute atomic E-state index is 0.311. The number of rotatable bonds is 4. The largest absolute Gasteiger partial charge is 0.453 e. The van der Waals surface area contributed by atoms with E-state index < -0.39 is 12.0 Å². The van der Waals surface area contributed by atoms with Crippen LogP contribution in [-0.4, -0.2) is 24.0 Å². The molecule has 2 aromatic rings. The van der Waals surface area contributed by atoms with Gasteiger partial charge in [-0.15, -0.1) is 0 Å². The van der Waals surface area contributed by atoms with Gasteiger partial charge >= 0.3 is 6.09 Å². The fourth-order valence-electron chi connectivity index (χ4n) is 1.89. The Bertz CT molecular complexity index is 723. The van der Waals surface area contributed by atoms with Crippen molar-refractivity contribution in [1.82, 2.24) is 4.98 Å². The highest BCUT2D eigenvalue weighted by atomic mass is 16.5. The maximum atomic E-state index is 12.5. The van der Waals surface area contributed by atoms with Crippen molar-refractivity contribution in [2.75, 3.05) is 12.4 Å². The summed E-state index contributed by atoms with van der Waals surface area (Å²) in [5.74, 6) is -1.37. The van der Waals surface area contributed by atoms with Crippen LogP contribution in [0.5, 0.6) is 0 Å². The summed E-state index contributed by atoms with van der Waals surface area (Å²) in [6.07, 6.45) is 0.897. The van der Waals surface area contributed by atoms with Crippen LogP contribution in [0, 0.1) is 11.3 Å². The molecule has 0 radical (unpaired) electrons. The maximum Gasteiger partial charge on any atom is 0.411 e. The van der Waals surface area contributed by atoms with Crippen LogP contribution in [0.2, 0.25) is 0 Å². The molecule has 22 heavy (non-hydrogen) atoms. The molecule has 0 spiro atoms. The molecule has 0 bridgehead atoms. The van der Waals surface area contributed by atoms with Gasteiger partial charge in [0.25, 0.3) is 0 Å². The lowest BCUT2D eigenvalue weighted by Crippen LogP contribution is -2.14. The van der Waals surface area contributed by atoms with E-state index in [0.717, 1.165) is 0 Å².